The Bertz CT molecular complexity index is 141. The van der Waals surface area contributed by atoms with Crippen LogP contribution in [0.2, 0.25) is 0 Å². The second-order valence-corrected chi connectivity index (χ2v) is 1.86. The van der Waals surface area contributed by atoms with Crippen molar-refractivity contribution in [1.82, 2.24) is 4.98 Å². The fourth-order valence-electron chi connectivity index (χ4n) is 0.653. The fourth-order valence-corrected chi connectivity index (χ4v) is 0.653. The molecule has 0 aliphatic rings. The van der Waals surface area contributed by atoms with Gasteiger partial charge in [-0.15, -0.1) is 0 Å². The molecule has 0 spiro atoms. The van der Waals surface area contributed by atoms with E-state index in [0.29, 0.717) is 0 Å². The molecule has 0 aliphatic heterocycles. The van der Waals surface area contributed by atoms with Crippen molar-refractivity contribution < 1.29 is 16.8 Å². The SMILES string of the molecule is Cc1c[nH]c(C)c1.[Co]. The molecule has 0 saturated carbocycles. The monoisotopic (exact) mass is 154 g/mol. The molecule has 0 amide bonds. The van der Waals surface area contributed by atoms with Crippen LogP contribution >= 0.6 is 0 Å². The van der Waals surface area contributed by atoms with Crippen molar-refractivity contribution in [2.75, 3.05) is 0 Å². The molecule has 1 N–H and O–H groups in total. The van der Waals surface area contributed by atoms with Crippen molar-refractivity contribution in [3.05, 3.63) is 23.5 Å². The summed E-state index contributed by atoms with van der Waals surface area (Å²) >= 11 is 0. The van der Waals surface area contributed by atoms with Crippen molar-refractivity contribution in [3.63, 3.8) is 0 Å². The van der Waals surface area contributed by atoms with Gasteiger partial charge in [0.05, 0.1) is 0 Å². The molecule has 1 aromatic rings. The van der Waals surface area contributed by atoms with Crippen molar-refractivity contribution in [2.24, 2.45) is 0 Å². The van der Waals surface area contributed by atoms with E-state index in [2.05, 4.69) is 18.0 Å². The molecule has 1 rings (SSSR count). The van der Waals surface area contributed by atoms with E-state index in [9.17, 15) is 0 Å². The molecule has 8 heavy (non-hydrogen) atoms. The van der Waals surface area contributed by atoms with Crippen LogP contribution in [0.5, 0.6) is 0 Å². The Labute approximate surface area is 59.7 Å². The van der Waals surface area contributed by atoms with Crippen molar-refractivity contribution in [3.8, 4) is 0 Å². The van der Waals surface area contributed by atoms with E-state index in [1.165, 1.54) is 11.3 Å². The van der Waals surface area contributed by atoms with Crippen LogP contribution in [0.1, 0.15) is 11.3 Å². The minimum absolute atomic E-state index is 0. The third-order valence-electron chi connectivity index (χ3n) is 0.972. The van der Waals surface area contributed by atoms with Gasteiger partial charge in [0.2, 0.25) is 0 Å². The van der Waals surface area contributed by atoms with Crippen LogP contribution in [0.3, 0.4) is 0 Å². The Morgan fingerprint density at radius 3 is 2.12 bits per heavy atom. The minimum Gasteiger partial charge on any atom is -0.365 e. The summed E-state index contributed by atoms with van der Waals surface area (Å²) in [6.07, 6.45) is 2.00. The zero-order valence-electron chi connectivity index (χ0n) is 4.99. The van der Waals surface area contributed by atoms with Gasteiger partial charge in [0.15, 0.2) is 0 Å². The molecule has 1 nitrogen and oxygen atoms in total. The average molecular weight is 154 g/mol. The van der Waals surface area contributed by atoms with Gasteiger partial charge in [0, 0.05) is 28.7 Å². The second-order valence-electron chi connectivity index (χ2n) is 1.86. The first-order valence-electron chi connectivity index (χ1n) is 2.40. The van der Waals surface area contributed by atoms with E-state index < -0.39 is 0 Å². The number of hydrogen-bond acceptors (Lipinski definition) is 0. The molecule has 0 aliphatic carbocycles. The topological polar surface area (TPSA) is 15.8 Å². The normalized spacial score (nSPS) is 8.25. The van der Waals surface area contributed by atoms with Crippen LogP contribution in [-0.4, -0.2) is 4.98 Å². The number of hydrogen-bond donors (Lipinski definition) is 1. The van der Waals surface area contributed by atoms with E-state index in [0.717, 1.165) is 0 Å². The van der Waals surface area contributed by atoms with Crippen LogP contribution < -0.4 is 0 Å². The third-order valence-corrected chi connectivity index (χ3v) is 0.972. The van der Waals surface area contributed by atoms with Crippen LogP contribution in [-0.2, 0) is 16.8 Å². The van der Waals surface area contributed by atoms with Crippen LogP contribution in [0.25, 0.3) is 0 Å². The van der Waals surface area contributed by atoms with Crippen LogP contribution in [0, 0.1) is 13.8 Å². The summed E-state index contributed by atoms with van der Waals surface area (Å²) in [7, 11) is 0. The number of rotatable bonds is 0. The predicted octanol–water partition coefficient (Wildman–Crippen LogP) is 1.63. The van der Waals surface area contributed by atoms with Gasteiger partial charge in [-0.1, -0.05) is 0 Å². The maximum absolute atomic E-state index is 3.07. The molecule has 0 saturated heterocycles. The molecule has 0 unspecified atom stereocenters. The minimum atomic E-state index is 0. The predicted molar refractivity (Wildman–Crippen MR) is 30.3 cm³/mol. The van der Waals surface area contributed by atoms with Gasteiger partial charge in [0.1, 0.15) is 0 Å². The molecule has 1 radical (unpaired) electrons. The largest absolute Gasteiger partial charge is 0.365 e. The number of aryl methyl sites for hydroxylation is 2. The van der Waals surface area contributed by atoms with Gasteiger partial charge in [0.25, 0.3) is 0 Å². The van der Waals surface area contributed by atoms with E-state index in [-0.39, 0.29) is 16.8 Å². The summed E-state index contributed by atoms with van der Waals surface area (Å²) in [5.41, 5.74) is 2.54. The van der Waals surface area contributed by atoms with Gasteiger partial charge in [-0.05, 0) is 25.5 Å². The van der Waals surface area contributed by atoms with E-state index in [1.54, 1.807) is 0 Å². The molecule has 0 atom stereocenters. The Kier molecular flexibility index (Phi) is 2.86. The average Bonchev–Trinajstić information content (AvgIpc) is 1.87. The summed E-state index contributed by atoms with van der Waals surface area (Å²) in [5.74, 6) is 0. The van der Waals surface area contributed by atoms with Crippen molar-refractivity contribution in [2.45, 2.75) is 13.8 Å². The first-order chi connectivity index (χ1) is 3.29. The first kappa shape index (κ1) is 7.79. The van der Waals surface area contributed by atoms with Gasteiger partial charge >= 0.3 is 0 Å². The molecule has 1 aromatic heterocycles. The van der Waals surface area contributed by atoms with Crippen LogP contribution in [0.4, 0.5) is 0 Å². The Morgan fingerprint density at radius 2 is 2.00 bits per heavy atom. The van der Waals surface area contributed by atoms with E-state index >= 15 is 0 Å². The molecular formula is C6H9CoN. The van der Waals surface area contributed by atoms with Crippen molar-refractivity contribution in [1.29, 1.82) is 0 Å². The van der Waals surface area contributed by atoms with E-state index in [4.69, 9.17) is 0 Å². The quantitative estimate of drug-likeness (QED) is 0.584. The summed E-state index contributed by atoms with van der Waals surface area (Å²) in [6.45, 7) is 4.12. The third kappa shape index (κ3) is 1.72. The van der Waals surface area contributed by atoms with Crippen molar-refractivity contribution >= 4 is 0 Å². The molecule has 1 heterocycles. The first-order valence-corrected chi connectivity index (χ1v) is 2.40. The molecule has 0 fully saturated rings. The number of nitrogens with one attached hydrogen (secondary N) is 1. The zero-order valence-corrected chi connectivity index (χ0v) is 6.03. The summed E-state index contributed by atoms with van der Waals surface area (Å²) < 4.78 is 0. The molecule has 0 bridgehead atoms. The zero-order chi connectivity index (χ0) is 5.28. The second kappa shape index (κ2) is 2.94. The number of aromatic nitrogens is 1. The maximum Gasteiger partial charge on any atom is 0.0118 e. The summed E-state index contributed by atoms with van der Waals surface area (Å²) in [5, 5.41) is 0. The van der Waals surface area contributed by atoms with Crippen LogP contribution in [0.15, 0.2) is 12.3 Å². The Morgan fingerprint density at radius 1 is 1.38 bits per heavy atom. The van der Waals surface area contributed by atoms with E-state index in [1.807, 2.05) is 13.1 Å². The molecule has 2 heteroatoms. The molecule has 0 aromatic carbocycles. The maximum atomic E-state index is 3.07. The standard InChI is InChI=1S/C6H9N.Co/c1-5-3-6(2)7-4-5;/h3-4,7H,1-2H3;. The number of aromatic amines is 1. The summed E-state index contributed by atoms with van der Waals surface area (Å²) in [4.78, 5) is 3.07. The van der Waals surface area contributed by atoms with Gasteiger partial charge < -0.3 is 4.98 Å². The Balaban J connectivity index is 0.000000490. The van der Waals surface area contributed by atoms with Gasteiger partial charge in [-0.25, -0.2) is 0 Å². The Hall–Kier alpha value is -0.214. The molecule has 47 valence electrons. The number of H-pyrrole nitrogens is 1. The van der Waals surface area contributed by atoms with Gasteiger partial charge in [-0.2, -0.15) is 0 Å². The molecular weight excluding hydrogens is 145 g/mol. The summed E-state index contributed by atoms with van der Waals surface area (Å²) in [6, 6.07) is 2.11. The van der Waals surface area contributed by atoms with Gasteiger partial charge in [-0.3, -0.25) is 0 Å². The smallest absolute Gasteiger partial charge is 0.0118 e. The fraction of sp³-hybridized carbons (Fsp3) is 0.333.